The minimum Gasteiger partial charge on any atom is -0.455 e. The Bertz CT molecular complexity index is 4700. The molecule has 2 aliphatic carbocycles. The van der Waals surface area contributed by atoms with E-state index in [2.05, 4.69) is 270 Å². The van der Waals surface area contributed by atoms with Crippen LogP contribution in [0.2, 0.25) is 0 Å². The molecule has 1 heteroatoms. The summed E-state index contributed by atoms with van der Waals surface area (Å²) in [7, 11) is 0. The molecule has 0 unspecified atom stereocenters. The highest BCUT2D eigenvalue weighted by molar-refractivity contribution is 6.24. The Morgan fingerprint density at radius 3 is 1.05 bits per heavy atom. The first-order valence-electron chi connectivity index (χ1n) is 27.2. The lowest BCUT2D eigenvalue weighted by molar-refractivity contribution is 0.600. The molecule has 1 aromatic heterocycles. The number of hydrogen-bond donors (Lipinski definition) is 0. The summed E-state index contributed by atoms with van der Waals surface area (Å²) in [6.45, 7) is 9.84. The maximum Gasteiger partial charge on any atom is 0.144 e. The van der Waals surface area contributed by atoms with Crippen LogP contribution in [0.1, 0.15) is 49.9 Å². The van der Waals surface area contributed by atoms with Gasteiger partial charge in [-0.25, -0.2) is 0 Å². The van der Waals surface area contributed by atoms with Gasteiger partial charge in [0.15, 0.2) is 0 Å². The fourth-order valence-electron chi connectivity index (χ4n) is 14.4. The second-order valence-electron chi connectivity index (χ2n) is 22.6. The van der Waals surface area contributed by atoms with Crippen LogP contribution in [0, 0.1) is 0 Å². The summed E-state index contributed by atoms with van der Waals surface area (Å²) < 4.78 is 7.16. The van der Waals surface area contributed by atoms with Gasteiger partial charge < -0.3 is 4.42 Å². The van der Waals surface area contributed by atoms with E-state index in [9.17, 15) is 0 Å². The number of fused-ring (bicyclic) bond motifs is 16. The fraction of sp³-hybridized carbons (Fsp3) is 0.0789. The average molecular weight is 981 g/mol. The van der Waals surface area contributed by atoms with Crippen LogP contribution in [0.3, 0.4) is 0 Å². The van der Waals surface area contributed by atoms with E-state index in [0.717, 1.165) is 11.2 Å². The maximum absolute atomic E-state index is 7.16. The van der Waals surface area contributed by atoms with E-state index in [0.29, 0.717) is 0 Å². The van der Waals surface area contributed by atoms with Gasteiger partial charge in [-0.05, 0) is 156 Å². The number of para-hydroxylation sites is 1. The van der Waals surface area contributed by atoms with Crippen molar-refractivity contribution in [1.29, 1.82) is 0 Å². The SMILES string of the molecule is CC1(C)c2cc(-c3c4ccccc4c(-c4ccccc4)c4ccccc34)ccc2-c2c1c1c(c3c2oc2ccccc23)-c2ccc(-c3ccc(-c4c5ccccc5c(-c5ccccc5)c5ccccc45)cc3)cc2C1(C)C. The zero-order chi connectivity index (χ0) is 51.3. The molecule has 0 bridgehead atoms. The monoisotopic (exact) mass is 980 g/mol. The van der Waals surface area contributed by atoms with E-state index in [1.54, 1.807) is 0 Å². The molecule has 0 N–H and O–H groups in total. The van der Waals surface area contributed by atoms with Gasteiger partial charge in [-0.2, -0.15) is 0 Å². The Morgan fingerprint density at radius 2 is 0.584 bits per heavy atom. The van der Waals surface area contributed by atoms with E-state index in [-0.39, 0.29) is 10.8 Å². The Balaban J connectivity index is 0.854. The number of rotatable bonds is 5. The van der Waals surface area contributed by atoms with Crippen LogP contribution < -0.4 is 0 Å². The van der Waals surface area contributed by atoms with Gasteiger partial charge in [0.1, 0.15) is 11.2 Å². The summed E-state index contributed by atoms with van der Waals surface area (Å²) in [5.74, 6) is 0. The van der Waals surface area contributed by atoms with Crippen molar-refractivity contribution >= 4 is 65.0 Å². The van der Waals surface area contributed by atoms with Crippen molar-refractivity contribution in [2.45, 2.75) is 38.5 Å². The topological polar surface area (TPSA) is 13.1 Å². The van der Waals surface area contributed by atoms with Crippen LogP contribution in [0.25, 0.3) is 143 Å². The smallest absolute Gasteiger partial charge is 0.144 e. The molecular weight excluding hydrogens is 929 g/mol. The maximum atomic E-state index is 7.16. The molecule has 0 fully saturated rings. The number of benzene rings is 13. The molecule has 0 aliphatic heterocycles. The highest BCUT2D eigenvalue weighted by atomic mass is 16.3. The molecular formula is C76H52O. The molecule has 0 radical (unpaired) electrons. The van der Waals surface area contributed by atoms with Crippen molar-refractivity contribution in [3.63, 3.8) is 0 Å². The van der Waals surface area contributed by atoms with Crippen molar-refractivity contribution < 1.29 is 4.42 Å². The van der Waals surface area contributed by atoms with Crippen LogP contribution in [0.5, 0.6) is 0 Å². The standard InChI is InChI=1S/C76H52O/c1-75(2)62-43-49(45-35-37-48(38-36-45)67-53-27-13-11-25-51(53)65(46-21-7-5-8-22-46)52-26-12-14-28-54(52)67)39-41-59(62)69-70-61-33-19-20-34-64(61)77-74(70)71-60-42-40-50(44-63(60)76(3,4)73(71)72(69)75)68-57-31-17-15-29-55(57)66(47-23-9-6-10-24-47)56-30-16-18-32-58(56)68/h5-44H,1-4H3. The first-order chi connectivity index (χ1) is 37.8. The molecule has 16 rings (SSSR count). The normalized spacial score (nSPS) is 13.9. The molecule has 0 amide bonds. The number of hydrogen-bond acceptors (Lipinski definition) is 1. The van der Waals surface area contributed by atoms with Crippen LogP contribution in [-0.4, -0.2) is 0 Å². The molecule has 1 heterocycles. The Hall–Kier alpha value is -9.30. The van der Waals surface area contributed by atoms with Crippen LogP contribution in [0.4, 0.5) is 0 Å². The molecule has 2 aliphatic rings. The highest BCUT2D eigenvalue weighted by Gasteiger charge is 2.49. The highest BCUT2D eigenvalue weighted by Crippen LogP contribution is 2.64. The molecule has 0 atom stereocenters. The van der Waals surface area contributed by atoms with Crippen molar-refractivity contribution in [3.8, 4) is 77.9 Å². The van der Waals surface area contributed by atoms with Gasteiger partial charge >= 0.3 is 0 Å². The predicted octanol–water partition coefficient (Wildman–Crippen LogP) is 21.1. The second kappa shape index (κ2) is 16.1. The van der Waals surface area contributed by atoms with E-state index >= 15 is 0 Å². The van der Waals surface area contributed by atoms with E-state index < -0.39 is 0 Å². The summed E-state index contributed by atoms with van der Waals surface area (Å²) in [4.78, 5) is 0. The van der Waals surface area contributed by atoms with Gasteiger partial charge in [0, 0.05) is 27.2 Å². The average Bonchev–Trinajstić information content (AvgIpc) is 4.08. The van der Waals surface area contributed by atoms with E-state index in [1.165, 1.54) is 154 Å². The van der Waals surface area contributed by atoms with Crippen molar-refractivity contribution in [2.75, 3.05) is 0 Å². The lowest BCUT2D eigenvalue weighted by Gasteiger charge is -2.31. The van der Waals surface area contributed by atoms with Gasteiger partial charge in [-0.3, -0.25) is 0 Å². The predicted molar refractivity (Wildman–Crippen MR) is 326 cm³/mol. The van der Waals surface area contributed by atoms with E-state index in [4.69, 9.17) is 4.42 Å². The summed E-state index contributed by atoms with van der Waals surface area (Å²) >= 11 is 0. The Morgan fingerprint density at radius 1 is 0.260 bits per heavy atom. The summed E-state index contributed by atoms with van der Waals surface area (Å²) in [6, 6.07) is 90.2. The summed E-state index contributed by atoms with van der Waals surface area (Å²) in [5, 5.41) is 12.5. The van der Waals surface area contributed by atoms with Crippen molar-refractivity contribution in [2.24, 2.45) is 0 Å². The zero-order valence-corrected chi connectivity index (χ0v) is 43.5. The van der Waals surface area contributed by atoms with Crippen molar-refractivity contribution in [1.82, 2.24) is 0 Å². The fourth-order valence-corrected chi connectivity index (χ4v) is 14.4. The molecule has 0 saturated heterocycles. The summed E-state index contributed by atoms with van der Waals surface area (Å²) in [5.41, 5.74) is 24.3. The third-order valence-corrected chi connectivity index (χ3v) is 17.8. The lowest BCUT2D eigenvalue weighted by Crippen LogP contribution is -2.24. The molecule has 14 aromatic rings. The van der Waals surface area contributed by atoms with Gasteiger partial charge in [-0.15, -0.1) is 0 Å². The van der Waals surface area contributed by atoms with E-state index in [1.807, 2.05) is 0 Å². The van der Waals surface area contributed by atoms with Crippen molar-refractivity contribution in [3.05, 3.63) is 265 Å². The molecule has 0 saturated carbocycles. The first kappa shape index (κ1) is 44.0. The minimum absolute atomic E-state index is 0.322. The van der Waals surface area contributed by atoms with Gasteiger partial charge in [0.25, 0.3) is 0 Å². The van der Waals surface area contributed by atoms with Crippen LogP contribution in [0.15, 0.2) is 247 Å². The third-order valence-electron chi connectivity index (χ3n) is 17.8. The number of furan rings is 1. The molecule has 362 valence electrons. The third kappa shape index (κ3) is 6.11. The van der Waals surface area contributed by atoms with Gasteiger partial charge in [0.2, 0.25) is 0 Å². The Labute approximate surface area is 448 Å². The second-order valence-corrected chi connectivity index (χ2v) is 22.6. The van der Waals surface area contributed by atoms with Gasteiger partial charge in [-0.1, -0.05) is 252 Å². The quantitative estimate of drug-likeness (QED) is 0.157. The molecule has 13 aromatic carbocycles. The lowest BCUT2D eigenvalue weighted by atomic mass is 9.71. The molecule has 1 nitrogen and oxygen atoms in total. The van der Waals surface area contributed by atoms with Gasteiger partial charge in [0.05, 0.1) is 0 Å². The van der Waals surface area contributed by atoms with Crippen LogP contribution >= 0.6 is 0 Å². The summed E-state index contributed by atoms with van der Waals surface area (Å²) in [6.07, 6.45) is 0. The zero-order valence-electron chi connectivity index (χ0n) is 43.5. The molecule has 77 heavy (non-hydrogen) atoms. The largest absolute Gasteiger partial charge is 0.455 e. The minimum atomic E-state index is -0.348. The first-order valence-corrected chi connectivity index (χ1v) is 27.2. The molecule has 0 spiro atoms. The van der Waals surface area contributed by atoms with Crippen LogP contribution in [-0.2, 0) is 10.8 Å². The Kier molecular flexibility index (Phi) is 9.21.